The van der Waals surface area contributed by atoms with E-state index in [2.05, 4.69) is 24.1 Å². The molecule has 1 aromatic heterocycles. The molecule has 0 bridgehead atoms. The zero-order valence-corrected chi connectivity index (χ0v) is 9.89. The molecule has 16 heavy (non-hydrogen) atoms. The second-order valence-corrected chi connectivity index (χ2v) is 5.16. The van der Waals surface area contributed by atoms with Gasteiger partial charge in [0.25, 0.3) is 0 Å². The first-order valence-electron chi connectivity index (χ1n) is 6.11. The Kier molecular flexibility index (Phi) is 2.18. The van der Waals surface area contributed by atoms with Gasteiger partial charge >= 0.3 is 0 Å². The third-order valence-electron chi connectivity index (χ3n) is 4.25. The molecule has 2 N–H and O–H groups in total. The number of nitrogens with one attached hydrogen (secondary N) is 2. The maximum Gasteiger partial charge on any atom is 0.169 e. The predicted molar refractivity (Wildman–Crippen MR) is 62.8 cm³/mol. The van der Waals surface area contributed by atoms with Gasteiger partial charge in [0.15, 0.2) is 5.78 Å². The van der Waals surface area contributed by atoms with Crippen molar-refractivity contribution < 1.29 is 4.79 Å². The first kappa shape index (κ1) is 10.1. The topological polar surface area (TPSA) is 44.9 Å². The van der Waals surface area contributed by atoms with Crippen molar-refractivity contribution >= 4 is 5.78 Å². The SMILES string of the molecule is Cc1[nH]c2c(c1C)C(=O)[C@@H]1CNCC[C@H]1C2. The summed E-state index contributed by atoms with van der Waals surface area (Å²) in [4.78, 5) is 15.8. The van der Waals surface area contributed by atoms with Crippen LogP contribution in [-0.4, -0.2) is 23.9 Å². The molecule has 2 atom stereocenters. The van der Waals surface area contributed by atoms with E-state index in [0.29, 0.717) is 11.7 Å². The lowest BCUT2D eigenvalue weighted by Crippen LogP contribution is -2.44. The summed E-state index contributed by atoms with van der Waals surface area (Å²) in [5, 5.41) is 3.34. The van der Waals surface area contributed by atoms with Crippen LogP contribution in [0.25, 0.3) is 0 Å². The number of hydrogen-bond donors (Lipinski definition) is 2. The van der Waals surface area contributed by atoms with Crippen LogP contribution in [0.4, 0.5) is 0 Å². The fourth-order valence-corrected chi connectivity index (χ4v) is 3.19. The van der Waals surface area contributed by atoms with E-state index in [1.165, 1.54) is 5.69 Å². The Morgan fingerprint density at radius 3 is 2.94 bits per heavy atom. The average molecular weight is 218 g/mol. The number of aryl methyl sites for hydroxylation is 1. The summed E-state index contributed by atoms with van der Waals surface area (Å²) in [6.45, 7) is 6.04. The van der Waals surface area contributed by atoms with Crippen LogP contribution in [0.1, 0.15) is 33.7 Å². The van der Waals surface area contributed by atoms with Crippen LogP contribution < -0.4 is 5.32 Å². The Morgan fingerprint density at radius 2 is 2.12 bits per heavy atom. The van der Waals surface area contributed by atoms with E-state index in [-0.39, 0.29) is 5.92 Å². The van der Waals surface area contributed by atoms with Gasteiger partial charge in [-0.3, -0.25) is 4.79 Å². The van der Waals surface area contributed by atoms with Gasteiger partial charge in [0.05, 0.1) is 0 Å². The first-order valence-corrected chi connectivity index (χ1v) is 6.11. The van der Waals surface area contributed by atoms with Gasteiger partial charge in [0.2, 0.25) is 0 Å². The highest BCUT2D eigenvalue weighted by molar-refractivity contribution is 6.02. The van der Waals surface area contributed by atoms with Crippen LogP contribution in [0.2, 0.25) is 0 Å². The second kappa shape index (κ2) is 3.45. The standard InChI is InChI=1S/C13H18N2O/c1-7-8(2)15-11-5-9-3-4-14-6-10(9)13(16)12(7)11/h9-10,14-15H,3-6H2,1-2H3/t9-,10+/m0/s1. The minimum absolute atomic E-state index is 0.218. The number of rotatable bonds is 0. The number of Topliss-reactive ketones (excluding diaryl/α,β-unsaturated/α-hetero) is 1. The van der Waals surface area contributed by atoms with Gasteiger partial charge in [0.1, 0.15) is 0 Å². The number of piperidine rings is 1. The zero-order valence-electron chi connectivity index (χ0n) is 9.89. The van der Waals surface area contributed by atoms with Crippen LogP contribution in [0.5, 0.6) is 0 Å². The molecule has 1 saturated heterocycles. The maximum absolute atomic E-state index is 12.4. The number of carbonyl (C=O) groups is 1. The minimum atomic E-state index is 0.218. The largest absolute Gasteiger partial charge is 0.362 e. The molecular formula is C13H18N2O. The van der Waals surface area contributed by atoms with Crippen LogP contribution >= 0.6 is 0 Å². The Hall–Kier alpha value is -1.09. The number of aromatic amines is 1. The number of aromatic nitrogens is 1. The Balaban J connectivity index is 2.07. The lowest BCUT2D eigenvalue weighted by Gasteiger charge is -2.34. The number of fused-ring (bicyclic) bond motifs is 2. The number of H-pyrrole nitrogens is 1. The van der Waals surface area contributed by atoms with Crippen molar-refractivity contribution in [1.29, 1.82) is 0 Å². The number of hydrogen-bond acceptors (Lipinski definition) is 2. The lowest BCUT2D eigenvalue weighted by atomic mass is 9.73. The molecule has 3 nitrogen and oxygen atoms in total. The molecule has 86 valence electrons. The highest BCUT2D eigenvalue weighted by atomic mass is 16.1. The van der Waals surface area contributed by atoms with Gasteiger partial charge in [-0.15, -0.1) is 0 Å². The van der Waals surface area contributed by atoms with E-state index < -0.39 is 0 Å². The summed E-state index contributed by atoms with van der Waals surface area (Å²) < 4.78 is 0. The molecule has 0 aromatic carbocycles. The number of ketones is 1. The van der Waals surface area contributed by atoms with Gasteiger partial charge in [-0.2, -0.15) is 0 Å². The molecule has 0 spiro atoms. The van der Waals surface area contributed by atoms with Gasteiger partial charge in [-0.1, -0.05) is 0 Å². The van der Waals surface area contributed by atoms with E-state index in [9.17, 15) is 4.79 Å². The first-order chi connectivity index (χ1) is 7.68. The van der Waals surface area contributed by atoms with E-state index in [0.717, 1.165) is 42.8 Å². The normalized spacial score (nSPS) is 28.8. The molecule has 0 unspecified atom stereocenters. The van der Waals surface area contributed by atoms with Crippen LogP contribution in [0.15, 0.2) is 0 Å². The predicted octanol–water partition coefficient (Wildman–Crippen LogP) is 1.60. The summed E-state index contributed by atoms with van der Waals surface area (Å²) >= 11 is 0. The van der Waals surface area contributed by atoms with Crippen LogP contribution in [0, 0.1) is 25.7 Å². The van der Waals surface area contributed by atoms with Gasteiger partial charge in [0, 0.05) is 29.4 Å². The fourth-order valence-electron chi connectivity index (χ4n) is 3.19. The average Bonchev–Trinajstić information content (AvgIpc) is 2.55. The van der Waals surface area contributed by atoms with Gasteiger partial charge in [-0.25, -0.2) is 0 Å². The molecule has 0 radical (unpaired) electrons. The summed E-state index contributed by atoms with van der Waals surface area (Å²) in [6.07, 6.45) is 2.19. The van der Waals surface area contributed by atoms with E-state index in [4.69, 9.17) is 0 Å². The smallest absolute Gasteiger partial charge is 0.169 e. The van der Waals surface area contributed by atoms with Crippen molar-refractivity contribution in [3.8, 4) is 0 Å². The molecular weight excluding hydrogens is 200 g/mol. The lowest BCUT2D eigenvalue weighted by molar-refractivity contribution is 0.0817. The van der Waals surface area contributed by atoms with E-state index >= 15 is 0 Å². The van der Waals surface area contributed by atoms with Gasteiger partial charge in [-0.05, 0) is 44.7 Å². The highest BCUT2D eigenvalue weighted by Gasteiger charge is 2.38. The van der Waals surface area contributed by atoms with Crippen molar-refractivity contribution in [2.24, 2.45) is 11.8 Å². The zero-order chi connectivity index (χ0) is 11.3. The van der Waals surface area contributed by atoms with Crippen LogP contribution in [0.3, 0.4) is 0 Å². The maximum atomic E-state index is 12.4. The van der Waals surface area contributed by atoms with E-state index in [1.54, 1.807) is 0 Å². The van der Waals surface area contributed by atoms with Crippen molar-refractivity contribution in [2.75, 3.05) is 13.1 Å². The summed E-state index contributed by atoms with van der Waals surface area (Å²) in [7, 11) is 0. The fraction of sp³-hybridized carbons (Fsp3) is 0.615. The second-order valence-electron chi connectivity index (χ2n) is 5.16. The van der Waals surface area contributed by atoms with Gasteiger partial charge < -0.3 is 10.3 Å². The van der Waals surface area contributed by atoms with Crippen molar-refractivity contribution in [3.05, 3.63) is 22.5 Å². The third kappa shape index (κ3) is 1.27. The van der Waals surface area contributed by atoms with Crippen molar-refractivity contribution in [3.63, 3.8) is 0 Å². The molecule has 1 aliphatic carbocycles. The summed E-state index contributed by atoms with van der Waals surface area (Å²) in [5.74, 6) is 1.13. The molecule has 2 aliphatic rings. The molecule has 3 rings (SSSR count). The van der Waals surface area contributed by atoms with E-state index in [1.807, 2.05) is 0 Å². The van der Waals surface area contributed by atoms with Crippen molar-refractivity contribution in [1.82, 2.24) is 10.3 Å². The summed E-state index contributed by atoms with van der Waals surface area (Å²) in [6, 6.07) is 0. The monoisotopic (exact) mass is 218 g/mol. The quantitative estimate of drug-likeness (QED) is 0.694. The molecule has 1 aliphatic heterocycles. The summed E-state index contributed by atoms with van der Waals surface area (Å²) in [5.41, 5.74) is 4.49. The molecule has 1 fully saturated rings. The number of carbonyl (C=O) groups excluding carboxylic acids is 1. The third-order valence-corrected chi connectivity index (χ3v) is 4.25. The molecule has 0 amide bonds. The molecule has 1 aromatic rings. The van der Waals surface area contributed by atoms with Crippen molar-refractivity contribution in [2.45, 2.75) is 26.7 Å². The molecule has 0 saturated carbocycles. The Bertz CT molecular complexity index is 447. The molecule has 2 heterocycles. The Labute approximate surface area is 95.6 Å². The highest BCUT2D eigenvalue weighted by Crippen LogP contribution is 2.35. The molecule has 3 heteroatoms. The van der Waals surface area contributed by atoms with Crippen LogP contribution in [-0.2, 0) is 6.42 Å². The Morgan fingerprint density at radius 1 is 1.31 bits per heavy atom. The minimum Gasteiger partial charge on any atom is -0.362 e.